The number of hydrogen-bond donors (Lipinski definition) is 1. The quantitative estimate of drug-likeness (QED) is 0.702. The first kappa shape index (κ1) is 20.7. The van der Waals surface area contributed by atoms with E-state index in [-0.39, 0.29) is 30.4 Å². The van der Waals surface area contributed by atoms with Gasteiger partial charge in [-0.2, -0.15) is 0 Å². The van der Waals surface area contributed by atoms with Crippen LogP contribution in [0.5, 0.6) is 0 Å². The molecule has 2 rings (SSSR count). The normalized spacial score (nSPS) is 17.8. The third kappa shape index (κ3) is 6.26. The number of nitrogens with one attached hydrogen (secondary N) is 1. The molecule has 0 radical (unpaired) electrons. The Bertz CT molecular complexity index is 736. The molecular weight excluding hydrogens is 380 g/mol. The summed E-state index contributed by atoms with van der Waals surface area (Å²) >= 11 is 5.72. The average molecular weight is 403 g/mol. The number of piperidine rings is 1. The second-order valence-corrected chi connectivity index (χ2v) is 8.55. The molecule has 0 aliphatic carbocycles. The van der Waals surface area contributed by atoms with Crippen LogP contribution in [-0.2, 0) is 24.3 Å². The van der Waals surface area contributed by atoms with Crippen LogP contribution in [0.2, 0.25) is 5.02 Å². The predicted molar refractivity (Wildman–Crippen MR) is 97.2 cm³/mol. The van der Waals surface area contributed by atoms with Crippen LogP contribution in [-0.4, -0.2) is 51.4 Å². The number of rotatable bonds is 7. The Hall–Kier alpha value is -1.64. The van der Waals surface area contributed by atoms with Crippen molar-refractivity contribution in [3.8, 4) is 0 Å². The van der Waals surface area contributed by atoms with E-state index in [1.165, 1.54) is 24.3 Å². The summed E-state index contributed by atoms with van der Waals surface area (Å²) in [5.74, 6) is -0.389. The van der Waals surface area contributed by atoms with Gasteiger partial charge in [-0.1, -0.05) is 18.5 Å². The molecule has 1 N–H and O–H groups in total. The molecule has 1 aliphatic heterocycles. The first-order chi connectivity index (χ1) is 12.3. The molecule has 1 aliphatic rings. The van der Waals surface area contributed by atoms with E-state index < -0.39 is 16.0 Å². The van der Waals surface area contributed by atoms with Gasteiger partial charge in [-0.3, -0.25) is 9.59 Å². The fraction of sp³-hybridized carbons (Fsp3) is 0.529. The number of halogens is 1. The summed E-state index contributed by atoms with van der Waals surface area (Å²) in [6.45, 7) is 3.02. The highest BCUT2D eigenvalue weighted by Gasteiger charge is 2.22. The number of carbonyl (C=O) groups excluding carboxylic acids is 2. The highest BCUT2D eigenvalue weighted by atomic mass is 35.5. The molecule has 0 spiro atoms. The molecule has 144 valence electrons. The van der Waals surface area contributed by atoms with Crippen molar-refractivity contribution in [3.05, 3.63) is 29.3 Å². The Morgan fingerprint density at radius 2 is 2.00 bits per heavy atom. The summed E-state index contributed by atoms with van der Waals surface area (Å²) in [5, 5.41) is 0.431. The molecule has 7 nitrogen and oxygen atoms in total. The van der Waals surface area contributed by atoms with Crippen LogP contribution in [0.3, 0.4) is 0 Å². The molecule has 1 heterocycles. The second-order valence-electron chi connectivity index (χ2n) is 6.35. The molecule has 0 aromatic heterocycles. The molecule has 1 aromatic carbocycles. The Morgan fingerprint density at radius 3 is 2.65 bits per heavy atom. The number of likely N-dealkylation sites (tertiary alicyclic amines) is 1. The van der Waals surface area contributed by atoms with Gasteiger partial charge in [-0.05, 0) is 43.0 Å². The van der Waals surface area contributed by atoms with Gasteiger partial charge < -0.3 is 9.64 Å². The number of carbonyl (C=O) groups is 2. The zero-order chi connectivity index (χ0) is 19.2. The SMILES string of the molecule is C[C@H]1CCCN(C(=O)COC(=O)CCNS(=O)(=O)c2ccc(Cl)cc2)C1. The van der Waals surface area contributed by atoms with Crippen molar-refractivity contribution in [2.24, 2.45) is 5.92 Å². The molecule has 0 saturated carbocycles. The maximum Gasteiger partial charge on any atom is 0.307 e. The van der Waals surface area contributed by atoms with Gasteiger partial charge in [0.1, 0.15) is 0 Å². The van der Waals surface area contributed by atoms with Crippen LogP contribution < -0.4 is 4.72 Å². The number of hydrogen-bond acceptors (Lipinski definition) is 5. The summed E-state index contributed by atoms with van der Waals surface area (Å²) in [5.41, 5.74) is 0. The highest BCUT2D eigenvalue weighted by molar-refractivity contribution is 7.89. The van der Waals surface area contributed by atoms with Gasteiger partial charge in [-0.15, -0.1) is 0 Å². The van der Waals surface area contributed by atoms with Crippen molar-refractivity contribution in [1.82, 2.24) is 9.62 Å². The second kappa shape index (κ2) is 9.34. The smallest absolute Gasteiger partial charge is 0.307 e. The zero-order valence-corrected chi connectivity index (χ0v) is 16.2. The molecule has 0 bridgehead atoms. The first-order valence-corrected chi connectivity index (χ1v) is 10.3. The van der Waals surface area contributed by atoms with Gasteiger partial charge in [0.2, 0.25) is 10.0 Å². The Morgan fingerprint density at radius 1 is 1.31 bits per heavy atom. The maximum absolute atomic E-state index is 12.1. The highest BCUT2D eigenvalue weighted by Crippen LogP contribution is 2.15. The van der Waals surface area contributed by atoms with Gasteiger partial charge in [0.15, 0.2) is 6.61 Å². The largest absolute Gasteiger partial charge is 0.456 e. The Balaban J connectivity index is 1.71. The lowest BCUT2D eigenvalue weighted by molar-refractivity contribution is -0.152. The summed E-state index contributed by atoms with van der Waals surface area (Å²) in [6, 6.07) is 5.69. The summed E-state index contributed by atoms with van der Waals surface area (Å²) < 4.78 is 31.4. The minimum absolute atomic E-state index is 0.0599. The summed E-state index contributed by atoms with van der Waals surface area (Å²) in [7, 11) is -3.72. The van der Waals surface area contributed by atoms with E-state index in [9.17, 15) is 18.0 Å². The van der Waals surface area contributed by atoms with Gasteiger partial charge >= 0.3 is 5.97 Å². The monoisotopic (exact) mass is 402 g/mol. The average Bonchev–Trinajstić information content (AvgIpc) is 2.60. The van der Waals surface area contributed by atoms with E-state index in [4.69, 9.17) is 16.3 Å². The molecule has 1 amide bonds. The topological polar surface area (TPSA) is 92.8 Å². The van der Waals surface area contributed by atoms with Gasteiger partial charge in [0.05, 0.1) is 11.3 Å². The van der Waals surface area contributed by atoms with Crippen molar-refractivity contribution < 1.29 is 22.7 Å². The first-order valence-electron chi connectivity index (χ1n) is 8.46. The van der Waals surface area contributed by atoms with E-state index in [2.05, 4.69) is 11.6 Å². The van der Waals surface area contributed by atoms with Crippen LogP contribution in [0.1, 0.15) is 26.2 Å². The minimum Gasteiger partial charge on any atom is -0.456 e. The Kier molecular flexibility index (Phi) is 7.43. The summed E-state index contributed by atoms with van der Waals surface area (Å²) in [4.78, 5) is 25.5. The molecule has 0 unspecified atom stereocenters. The van der Waals surface area contributed by atoms with Gasteiger partial charge in [-0.25, -0.2) is 13.1 Å². The molecule has 1 fully saturated rings. The van der Waals surface area contributed by atoms with Crippen molar-refractivity contribution in [1.29, 1.82) is 0 Å². The van der Waals surface area contributed by atoms with E-state index in [1.54, 1.807) is 4.90 Å². The standard InChI is InChI=1S/C17H23ClN2O5S/c1-13-3-2-10-20(11-13)16(21)12-25-17(22)8-9-19-26(23,24)15-6-4-14(18)5-7-15/h4-7,13,19H,2-3,8-12H2,1H3/t13-/m0/s1. The molecule has 1 aromatic rings. The number of nitrogens with zero attached hydrogens (tertiary/aromatic N) is 1. The molecule has 1 saturated heterocycles. The number of sulfonamides is 1. The van der Waals surface area contributed by atoms with Gasteiger partial charge in [0, 0.05) is 24.7 Å². The van der Waals surface area contributed by atoms with E-state index in [0.29, 0.717) is 24.0 Å². The number of ether oxygens (including phenoxy) is 1. The fourth-order valence-electron chi connectivity index (χ4n) is 2.71. The third-order valence-corrected chi connectivity index (χ3v) is 5.84. The van der Waals surface area contributed by atoms with E-state index in [1.807, 2.05) is 0 Å². The van der Waals surface area contributed by atoms with E-state index in [0.717, 1.165) is 12.8 Å². The minimum atomic E-state index is -3.72. The number of amides is 1. The van der Waals surface area contributed by atoms with Crippen molar-refractivity contribution in [2.45, 2.75) is 31.1 Å². The van der Waals surface area contributed by atoms with E-state index >= 15 is 0 Å². The third-order valence-electron chi connectivity index (χ3n) is 4.11. The zero-order valence-electron chi connectivity index (χ0n) is 14.6. The molecule has 9 heteroatoms. The van der Waals surface area contributed by atoms with Crippen LogP contribution in [0.25, 0.3) is 0 Å². The lowest BCUT2D eigenvalue weighted by Crippen LogP contribution is -2.41. The van der Waals surface area contributed by atoms with Crippen molar-refractivity contribution in [3.63, 3.8) is 0 Å². The van der Waals surface area contributed by atoms with Crippen LogP contribution >= 0.6 is 11.6 Å². The van der Waals surface area contributed by atoms with Crippen LogP contribution in [0.4, 0.5) is 0 Å². The Labute approximate surface area is 158 Å². The van der Waals surface area contributed by atoms with Crippen molar-refractivity contribution >= 4 is 33.5 Å². The molecule has 26 heavy (non-hydrogen) atoms. The number of esters is 1. The molecular formula is C17H23ClN2O5S. The van der Waals surface area contributed by atoms with Gasteiger partial charge in [0.25, 0.3) is 5.91 Å². The van der Waals surface area contributed by atoms with Crippen molar-refractivity contribution in [2.75, 3.05) is 26.2 Å². The summed E-state index contributed by atoms with van der Waals surface area (Å²) in [6.07, 6.45) is 1.89. The fourth-order valence-corrected chi connectivity index (χ4v) is 3.86. The maximum atomic E-state index is 12.1. The molecule has 1 atom stereocenters. The predicted octanol–water partition coefficient (Wildman–Crippen LogP) is 1.81. The number of benzene rings is 1. The lowest BCUT2D eigenvalue weighted by Gasteiger charge is -2.30. The van der Waals surface area contributed by atoms with Crippen LogP contribution in [0, 0.1) is 5.92 Å². The lowest BCUT2D eigenvalue weighted by atomic mass is 10.0. The van der Waals surface area contributed by atoms with Crippen LogP contribution in [0.15, 0.2) is 29.2 Å².